The van der Waals surface area contributed by atoms with E-state index < -0.39 is 0 Å². The second-order valence-corrected chi connectivity index (χ2v) is 8.69. The van der Waals surface area contributed by atoms with Crippen LogP contribution in [0.15, 0.2) is 85.1 Å². The van der Waals surface area contributed by atoms with Crippen LogP contribution in [0.25, 0.3) is 5.69 Å². The third-order valence-electron chi connectivity index (χ3n) is 5.98. The van der Waals surface area contributed by atoms with Crippen LogP contribution in [0.4, 0.5) is 10.5 Å². The molecule has 0 aliphatic carbocycles. The molecule has 0 spiro atoms. The van der Waals surface area contributed by atoms with Crippen LogP contribution in [0.2, 0.25) is 5.02 Å². The summed E-state index contributed by atoms with van der Waals surface area (Å²) in [7, 11) is 0. The van der Waals surface area contributed by atoms with E-state index in [0.29, 0.717) is 17.3 Å². The largest absolute Gasteiger partial charge is 0.323 e. The summed E-state index contributed by atoms with van der Waals surface area (Å²) >= 11 is 6.42. The molecule has 0 saturated heterocycles. The number of aryl methyl sites for hydroxylation is 2. The molecule has 0 saturated carbocycles. The monoisotopic (exact) mass is 441 g/mol. The van der Waals surface area contributed by atoms with Gasteiger partial charge in [-0.2, -0.15) is 0 Å². The van der Waals surface area contributed by atoms with Gasteiger partial charge in [0.05, 0.1) is 29.0 Å². The molecule has 4 aromatic rings. The van der Waals surface area contributed by atoms with Crippen LogP contribution in [0.5, 0.6) is 0 Å². The number of nitrogens with one attached hydrogen (secondary N) is 1. The van der Waals surface area contributed by atoms with Gasteiger partial charge in [0.15, 0.2) is 0 Å². The minimum atomic E-state index is -0.248. The summed E-state index contributed by atoms with van der Waals surface area (Å²) in [5, 5.41) is 3.58. The third kappa shape index (κ3) is 3.67. The Hall–Kier alpha value is -3.50. The summed E-state index contributed by atoms with van der Waals surface area (Å²) < 4.78 is 2.19. The molecule has 0 radical (unpaired) electrons. The second-order valence-electron chi connectivity index (χ2n) is 8.29. The second kappa shape index (κ2) is 8.21. The van der Waals surface area contributed by atoms with Crippen molar-refractivity contribution in [3.05, 3.63) is 118 Å². The van der Waals surface area contributed by atoms with E-state index in [-0.39, 0.29) is 12.1 Å². The van der Waals surface area contributed by atoms with Crippen molar-refractivity contribution in [2.45, 2.75) is 26.4 Å². The maximum absolute atomic E-state index is 13.7. The Labute approximate surface area is 193 Å². The highest BCUT2D eigenvalue weighted by Gasteiger charge is 2.33. The molecule has 2 heterocycles. The quantitative estimate of drug-likeness (QED) is 0.361. The molecule has 0 bridgehead atoms. The fourth-order valence-corrected chi connectivity index (χ4v) is 4.63. The number of fused-ring (bicyclic) bond motifs is 3. The summed E-state index contributed by atoms with van der Waals surface area (Å²) in [4.78, 5) is 15.6. The summed E-state index contributed by atoms with van der Waals surface area (Å²) in [6.07, 6.45) is 2.06. The zero-order chi connectivity index (χ0) is 22.2. The molecule has 1 aliphatic heterocycles. The number of benzene rings is 3. The molecule has 4 nitrogen and oxygen atoms in total. The van der Waals surface area contributed by atoms with Gasteiger partial charge < -0.3 is 14.8 Å². The van der Waals surface area contributed by atoms with Gasteiger partial charge in [-0.1, -0.05) is 65.7 Å². The molecule has 0 fully saturated rings. The molecule has 5 rings (SSSR count). The van der Waals surface area contributed by atoms with E-state index in [4.69, 9.17) is 11.6 Å². The van der Waals surface area contributed by atoms with Crippen LogP contribution in [-0.4, -0.2) is 15.5 Å². The summed E-state index contributed by atoms with van der Waals surface area (Å²) in [6, 6.07) is 26.0. The maximum atomic E-state index is 13.7. The zero-order valence-electron chi connectivity index (χ0n) is 18.0. The number of urea groups is 1. The first-order valence-electron chi connectivity index (χ1n) is 10.7. The van der Waals surface area contributed by atoms with Crippen molar-refractivity contribution in [3.63, 3.8) is 0 Å². The molecule has 32 heavy (non-hydrogen) atoms. The van der Waals surface area contributed by atoms with E-state index in [2.05, 4.69) is 65.5 Å². The van der Waals surface area contributed by atoms with Crippen molar-refractivity contribution in [1.82, 2.24) is 9.47 Å². The average Bonchev–Trinajstić information content (AvgIpc) is 3.21. The van der Waals surface area contributed by atoms with Gasteiger partial charge in [0.2, 0.25) is 0 Å². The number of halogens is 1. The predicted molar refractivity (Wildman–Crippen MR) is 130 cm³/mol. The van der Waals surface area contributed by atoms with Crippen molar-refractivity contribution in [3.8, 4) is 5.69 Å². The maximum Gasteiger partial charge on any atom is 0.323 e. The van der Waals surface area contributed by atoms with Gasteiger partial charge in [-0.25, -0.2) is 4.79 Å². The minimum Gasteiger partial charge on any atom is -0.318 e. The standard InChI is InChI=1S/C27H24ClN3O/c1-18-9-12-20(13-10-18)26-25-8-5-15-30(25)24-7-4-3-6-21(24)17-31(26)27(32)29-23-14-11-19(2)16-22(23)28/h3-16,26H,17H2,1-2H3,(H,29,32). The van der Waals surface area contributed by atoms with E-state index in [0.717, 1.165) is 28.1 Å². The lowest BCUT2D eigenvalue weighted by Crippen LogP contribution is -2.38. The van der Waals surface area contributed by atoms with Gasteiger partial charge in [-0.3, -0.25) is 0 Å². The summed E-state index contributed by atoms with van der Waals surface area (Å²) in [6.45, 7) is 4.52. The molecular weight excluding hydrogens is 418 g/mol. The lowest BCUT2D eigenvalue weighted by molar-refractivity contribution is 0.194. The highest BCUT2D eigenvalue weighted by molar-refractivity contribution is 6.33. The number of amides is 2. The number of nitrogens with zero attached hydrogens (tertiary/aromatic N) is 2. The van der Waals surface area contributed by atoms with E-state index in [9.17, 15) is 4.79 Å². The Kier molecular flexibility index (Phi) is 5.24. The van der Waals surface area contributed by atoms with Gasteiger partial charge in [0.1, 0.15) is 0 Å². The average molecular weight is 442 g/mol. The molecule has 1 aromatic heterocycles. The SMILES string of the molecule is Cc1ccc(C2c3cccn3-c3ccccc3CN2C(=O)Nc2ccc(C)cc2Cl)cc1. The van der Waals surface area contributed by atoms with Crippen LogP contribution >= 0.6 is 11.6 Å². The number of para-hydroxylation sites is 1. The summed E-state index contributed by atoms with van der Waals surface area (Å²) in [5.74, 6) is 0. The van der Waals surface area contributed by atoms with E-state index >= 15 is 0 Å². The number of aromatic nitrogens is 1. The minimum absolute atomic E-state index is 0.189. The fourth-order valence-electron chi connectivity index (χ4n) is 4.35. The summed E-state index contributed by atoms with van der Waals surface area (Å²) in [5.41, 5.74) is 7.13. The normalized spacial score (nSPS) is 15.0. The zero-order valence-corrected chi connectivity index (χ0v) is 18.8. The van der Waals surface area contributed by atoms with Crippen LogP contribution in [0, 0.1) is 13.8 Å². The van der Waals surface area contributed by atoms with Gasteiger partial charge >= 0.3 is 6.03 Å². The van der Waals surface area contributed by atoms with E-state index in [1.54, 1.807) is 0 Å². The van der Waals surface area contributed by atoms with Crippen LogP contribution in [0.3, 0.4) is 0 Å². The van der Waals surface area contributed by atoms with E-state index in [1.165, 1.54) is 5.56 Å². The highest BCUT2D eigenvalue weighted by atomic mass is 35.5. The number of hydrogen-bond acceptors (Lipinski definition) is 1. The molecule has 3 aromatic carbocycles. The molecule has 160 valence electrons. The number of carbonyl (C=O) groups excluding carboxylic acids is 1. The first-order chi connectivity index (χ1) is 15.5. The van der Waals surface area contributed by atoms with Gasteiger partial charge in [-0.15, -0.1) is 0 Å². The Morgan fingerprint density at radius 2 is 1.69 bits per heavy atom. The fraction of sp³-hybridized carbons (Fsp3) is 0.148. The van der Waals surface area contributed by atoms with Crippen LogP contribution in [0.1, 0.15) is 34.0 Å². The van der Waals surface area contributed by atoms with Crippen molar-refractivity contribution < 1.29 is 4.79 Å². The lowest BCUT2D eigenvalue weighted by atomic mass is 10.0. The van der Waals surface area contributed by atoms with Crippen molar-refractivity contribution in [2.75, 3.05) is 5.32 Å². The topological polar surface area (TPSA) is 37.3 Å². The van der Waals surface area contributed by atoms with Gasteiger partial charge in [0.25, 0.3) is 0 Å². The van der Waals surface area contributed by atoms with Crippen LogP contribution < -0.4 is 5.32 Å². The van der Waals surface area contributed by atoms with Crippen molar-refractivity contribution in [1.29, 1.82) is 0 Å². The molecule has 1 unspecified atom stereocenters. The number of anilines is 1. The lowest BCUT2D eigenvalue weighted by Gasteiger charge is -2.31. The number of carbonyl (C=O) groups is 1. The molecule has 1 atom stereocenters. The molecule has 5 heteroatoms. The van der Waals surface area contributed by atoms with Gasteiger partial charge in [-0.05, 0) is 60.9 Å². The molecule has 1 N–H and O–H groups in total. The Bertz CT molecular complexity index is 1290. The smallest absolute Gasteiger partial charge is 0.318 e. The first kappa shape index (κ1) is 20.4. The number of hydrogen-bond donors (Lipinski definition) is 1. The third-order valence-corrected chi connectivity index (χ3v) is 6.30. The Balaban J connectivity index is 1.62. The van der Waals surface area contributed by atoms with Gasteiger partial charge in [0, 0.05) is 11.9 Å². The Morgan fingerprint density at radius 1 is 0.938 bits per heavy atom. The van der Waals surface area contributed by atoms with E-state index in [1.807, 2.05) is 48.2 Å². The molecule has 2 amide bonds. The Morgan fingerprint density at radius 3 is 2.47 bits per heavy atom. The van der Waals surface area contributed by atoms with Crippen molar-refractivity contribution >= 4 is 23.3 Å². The predicted octanol–water partition coefficient (Wildman–Crippen LogP) is 6.88. The first-order valence-corrected chi connectivity index (χ1v) is 11.0. The number of rotatable bonds is 2. The highest BCUT2D eigenvalue weighted by Crippen LogP contribution is 2.37. The van der Waals surface area contributed by atoms with Crippen molar-refractivity contribution in [2.24, 2.45) is 0 Å². The molecular formula is C27H24ClN3O. The molecule has 1 aliphatic rings. The van der Waals surface area contributed by atoms with Crippen LogP contribution in [-0.2, 0) is 6.54 Å².